The van der Waals surface area contributed by atoms with Gasteiger partial charge in [0.1, 0.15) is 0 Å². The van der Waals surface area contributed by atoms with Crippen LogP contribution in [0.2, 0.25) is 0 Å². The third-order valence-corrected chi connectivity index (χ3v) is 2.24. The molecule has 1 rings (SSSR count). The minimum atomic E-state index is 0.417. The van der Waals surface area contributed by atoms with Crippen molar-refractivity contribution in [2.45, 2.75) is 19.9 Å². The van der Waals surface area contributed by atoms with Crippen LogP contribution in [-0.4, -0.2) is 22.9 Å². The Kier molecular flexibility index (Phi) is 3.25. The Morgan fingerprint density at radius 1 is 1.69 bits per heavy atom. The molecule has 3 nitrogen and oxygen atoms in total. The van der Waals surface area contributed by atoms with E-state index in [1.807, 2.05) is 31.2 Å². The van der Waals surface area contributed by atoms with Gasteiger partial charge in [-0.15, -0.1) is 0 Å². The summed E-state index contributed by atoms with van der Waals surface area (Å²) in [6, 6.07) is 0.417. The number of likely N-dealkylation sites (N-methyl/N-ethyl adjacent to an activating group) is 1. The number of nitrogens with zero attached hydrogens (tertiary/aromatic N) is 2. The molecule has 1 unspecified atom stereocenters. The summed E-state index contributed by atoms with van der Waals surface area (Å²) < 4.78 is 1.81. The lowest BCUT2D eigenvalue weighted by Crippen LogP contribution is -2.21. The maximum absolute atomic E-state index is 4.11. The number of nitrogens with one attached hydrogen (secondary N) is 1. The monoisotopic (exact) mass is 179 g/mol. The van der Waals surface area contributed by atoms with Crippen molar-refractivity contribution in [3.63, 3.8) is 0 Å². The van der Waals surface area contributed by atoms with Crippen LogP contribution in [0.1, 0.15) is 19.4 Å². The first kappa shape index (κ1) is 9.99. The molecule has 1 N–H and O–H groups in total. The van der Waals surface area contributed by atoms with Gasteiger partial charge in [-0.3, -0.25) is 4.68 Å². The minimum Gasteiger partial charge on any atom is -0.314 e. The SMILES string of the molecule is CNC(C)C(C)=Cc1cnn(C)c1. The average Bonchev–Trinajstić information content (AvgIpc) is 2.49. The van der Waals surface area contributed by atoms with Gasteiger partial charge < -0.3 is 5.32 Å². The topological polar surface area (TPSA) is 29.9 Å². The first-order valence-corrected chi connectivity index (χ1v) is 4.47. The molecule has 13 heavy (non-hydrogen) atoms. The van der Waals surface area contributed by atoms with Crippen LogP contribution < -0.4 is 5.32 Å². The summed E-state index contributed by atoms with van der Waals surface area (Å²) in [6.07, 6.45) is 6.02. The summed E-state index contributed by atoms with van der Waals surface area (Å²) in [6.45, 7) is 4.26. The van der Waals surface area contributed by atoms with Crippen molar-refractivity contribution < 1.29 is 0 Å². The van der Waals surface area contributed by atoms with E-state index < -0.39 is 0 Å². The molecular weight excluding hydrogens is 162 g/mol. The molecule has 0 bridgehead atoms. The lowest BCUT2D eigenvalue weighted by atomic mass is 10.1. The second kappa shape index (κ2) is 4.23. The fourth-order valence-electron chi connectivity index (χ4n) is 1.13. The standard InChI is InChI=1S/C10H17N3/c1-8(9(2)11-3)5-10-6-12-13(4)7-10/h5-7,9,11H,1-4H3. The summed E-state index contributed by atoms with van der Waals surface area (Å²) in [5, 5.41) is 7.30. The van der Waals surface area contributed by atoms with Crippen LogP contribution in [0, 0.1) is 0 Å². The van der Waals surface area contributed by atoms with E-state index in [-0.39, 0.29) is 0 Å². The quantitative estimate of drug-likeness (QED) is 0.760. The molecule has 1 aromatic heterocycles. The average molecular weight is 179 g/mol. The van der Waals surface area contributed by atoms with E-state index >= 15 is 0 Å². The molecule has 0 aromatic carbocycles. The second-order valence-corrected chi connectivity index (χ2v) is 3.35. The summed E-state index contributed by atoms with van der Waals surface area (Å²) in [4.78, 5) is 0. The van der Waals surface area contributed by atoms with Crippen LogP contribution >= 0.6 is 0 Å². The molecule has 0 aliphatic heterocycles. The number of aryl methyl sites for hydroxylation is 1. The van der Waals surface area contributed by atoms with E-state index in [1.54, 1.807) is 0 Å². The number of aromatic nitrogens is 2. The fourth-order valence-corrected chi connectivity index (χ4v) is 1.13. The first-order valence-electron chi connectivity index (χ1n) is 4.47. The van der Waals surface area contributed by atoms with Crippen molar-refractivity contribution in [2.24, 2.45) is 7.05 Å². The van der Waals surface area contributed by atoms with Gasteiger partial charge in [-0.1, -0.05) is 11.6 Å². The highest BCUT2D eigenvalue weighted by atomic mass is 15.2. The van der Waals surface area contributed by atoms with Crippen molar-refractivity contribution in [1.82, 2.24) is 15.1 Å². The number of rotatable bonds is 3. The van der Waals surface area contributed by atoms with E-state index in [0.29, 0.717) is 6.04 Å². The predicted molar refractivity (Wildman–Crippen MR) is 55.4 cm³/mol. The molecule has 0 saturated heterocycles. The summed E-state index contributed by atoms with van der Waals surface area (Å²) in [5.74, 6) is 0. The maximum Gasteiger partial charge on any atom is 0.0562 e. The number of hydrogen-bond acceptors (Lipinski definition) is 2. The molecule has 0 fully saturated rings. The van der Waals surface area contributed by atoms with Crippen LogP contribution in [0.5, 0.6) is 0 Å². The lowest BCUT2D eigenvalue weighted by molar-refractivity contribution is 0.696. The van der Waals surface area contributed by atoms with Crippen LogP contribution in [0.4, 0.5) is 0 Å². The molecule has 0 radical (unpaired) electrons. The van der Waals surface area contributed by atoms with Gasteiger partial charge in [0.2, 0.25) is 0 Å². The molecule has 0 aliphatic rings. The summed E-state index contributed by atoms with van der Waals surface area (Å²) in [7, 11) is 3.89. The maximum atomic E-state index is 4.11. The Balaban J connectivity index is 2.76. The Hall–Kier alpha value is -1.09. The highest BCUT2D eigenvalue weighted by molar-refractivity contribution is 5.51. The Morgan fingerprint density at radius 3 is 2.85 bits per heavy atom. The zero-order valence-corrected chi connectivity index (χ0v) is 8.70. The smallest absolute Gasteiger partial charge is 0.0562 e. The van der Waals surface area contributed by atoms with Gasteiger partial charge in [-0.25, -0.2) is 0 Å². The minimum absolute atomic E-state index is 0.417. The molecule has 0 spiro atoms. The van der Waals surface area contributed by atoms with Crippen LogP contribution in [0.3, 0.4) is 0 Å². The third kappa shape index (κ3) is 2.70. The summed E-state index contributed by atoms with van der Waals surface area (Å²) in [5.41, 5.74) is 2.47. The van der Waals surface area contributed by atoms with E-state index in [2.05, 4.69) is 30.3 Å². The Bertz CT molecular complexity index is 299. The van der Waals surface area contributed by atoms with Crippen molar-refractivity contribution in [3.05, 3.63) is 23.5 Å². The zero-order chi connectivity index (χ0) is 9.84. The molecule has 0 amide bonds. The normalized spacial score (nSPS) is 14.6. The largest absolute Gasteiger partial charge is 0.314 e. The fraction of sp³-hybridized carbons (Fsp3) is 0.500. The van der Waals surface area contributed by atoms with Crippen molar-refractivity contribution in [1.29, 1.82) is 0 Å². The molecule has 0 aliphatic carbocycles. The Labute approximate surface area is 79.5 Å². The predicted octanol–water partition coefficient (Wildman–Crippen LogP) is 1.43. The van der Waals surface area contributed by atoms with Gasteiger partial charge >= 0.3 is 0 Å². The molecule has 1 atom stereocenters. The van der Waals surface area contributed by atoms with Gasteiger partial charge in [0.05, 0.1) is 6.20 Å². The molecule has 0 saturated carbocycles. The zero-order valence-electron chi connectivity index (χ0n) is 8.70. The Morgan fingerprint density at radius 2 is 2.38 bits per heavy atom. The second-order valence-electron chi connectivity index (χ2n) is 3.35. The van der Waals surface area contributed by atoms with Crippen molar-refractivity contribution in [3.8, 4) is 0 Å². The first-order chi connectivity index (χ1) is 6.13. The van der Waals surface area contributed by atoms with E-state index in [1.165, 1.54) is 5.57 Å². The van der Waals surface area contributed by atoms with Gasteiger partial charge in [0.15, 0.2) is 0 Å². The van der Waals surface area contributed by atoms with Crippen LogP contribution in [-0.2, 0) is 7.05 Å². The van der Waals surface area contributed by atoms with Crippen molar-refractivity contribution in [2.75, 3.05) is 7.05 Å². The van der Waals surface area contributed by atoms with Crippen LogP contribution in [0.25, 0.3) is 6.08 Å². The lowest BCUT2D eigenvalue weighted by Gasteiger charge is -2.09. The molecule has 1 aromatic rings. The van der Waals surface area contributed by atoms with Gasteiger partial charge in [-0.2, -0.15) is 5.10 Å². The molecule has 3 heteroatoms. The van der Waals surface area contributed by atoms with Gasteiger partial charge in [0, 0.05) is 24.8 Å². The van der Waals surface area contributed by atoms with E-state index in [9.17, 15) is 0 Å². The molecule has 72 valence electrons. The van der Waals surface area contributed by atoms with E-state index in [0.717, 1.165) is 5.56 Å². The number of hydrogen-bond donors (Lipinski definition) is 1. The van der Waals surface area contributed by atoms with Crippen molar-refractivity contribution >= 4 is 6.08 Å². The highest BCUT2D eigenvalue weighted by Gasteiger charge is 2.00. The van der Waals surface area contributed by atoms with Gasteiger partial charge in [-0.05, 0) is 20.9 Å². The van der Waals surface area contributed by atoms with E-state index in [4.69, 9.17) is 0 Å². The van der Waals surface area contributed by atoms with Gasteiger partial charge in [0.25, 0.3) is 0 Å². The highest BCUT2D eigenvalue weighted by Crippen LogP contribution is 2.07. The molecular formula is C10H17N3. The summed E-state index contributed by atoms with van der Waals surface area (Å²) >= 11 is 0. The molecule has 1 heterocycles. The third-order valence-electron chi connectivity index (χ3n) is 2.24. The van der Waals surface area contributed by atoms with Crippen LogP contribution in [0.15, 0.2) is 18.0 Å².